The fraction of sp³-hybridized carbons (Fsp3) is 0.400. The molecule has 0 aromatic carbocycles. The summed E-state index contributed by atoms with van der Waals surface area (Å²) in [6.07, 6.45) is -3.48. The van der Waals surface area contributed by atoms with Gasteiger partial charge in [-0.2, -0.15) is 13.2 Å². The highest BCUT2D eigenvalue weighted by Gasteiger charge is 2.33. The summed E-state index contributed by atoms with van der Waals surface area (Å²) in [6.45, 7) is 0.685. The number of nitrogens with zero attached hydrogens (tertiary/aromatic N) is 2. The molecule has 0 saturated carbocycles. The van der Waals surface area contributed by atoms with E-state index < -0.39 is 17.8 Å². The summed E-state index contributed by atoms with van der Waals surface area (Å²) in [5, 5.41) is 10.7. The van der Waals surface area contributed by atoms with E-state index in [4.69, 9.17) is 5.11 Å². The van der Waals surface area contributed by atoms with Crippen LogP contribution in [-0.2, 0) is 6.18 Å². The van der Waals surface area contributed by atoms with Gasteiger partial charge in [0.15, 0.2) is 0 Å². The van der Waals surface area contributed by atoms with Crippen LogP contribution in [0.4, 0.5) is 23.7 Å². The smallest absolute Gasteiger partial charge is 0.417 e. The van der Waals surface area contributed by atoms with Crippen molar-refractivity contribution in [1.82, 2.24) is 10.3 Å². The Hall–Kier alpha value is -1.99. The van der Waals surface area contributed by atoms with Gasteiger partial charge in [-0.15, -0.1) is 0 Å². The molecule has 2 rings (SSSR count). The number of nitrogens with one attached hydrogen (secondary N) is 1. The number of alkyl halides is 3. The monoisotopic (exact) mass is 261 g/mol. The van der Waals surface area contributed by atoms with Crippen LogP contribution in [0, 0.1) is 0 Å². The summed E-state index contributed by atoms with van der Waals surface area (Å²) >= 11 is 0. The molecule has 0 spiro atoms. The van der Waals surface area contributed by atoms with E-state index in [1.54, 1.807) is 4.90 Å². The number of hydrogen-bond donors (Lipinski definition) is 2. The Kier molecular flexibility index (Phi) is 3.02. The molecule has 1 aromatic rings. The number of rotatable bonds is 2. The van der Waals surface area contributed by atoms with Crippen molar-refractivity contribution in [3.8, 4) is 0 Å². The van der Waals surface area contributed by atoms with Crippen LogP contribution in [-0.4, -0.2) is 35.3 Å². The zero-order valence-corrected chi connectivity index (χ0v) is 9.11. The summed E-state index contributed by atoms with van der Waals surface area (Å²) < 4.78 is 37.4. The van der Waals surface area contributed by atoms with Gasteiger partial charge < -0.3 is 15.3 Å². The van der Waals surface area contributed by atoms with E-state index in [1.807, 2.05) is 0 Å². The van der Waals surface area contributed by atoms with Crippen LogP contribution in [0.15, 0.2) is 18.5 Å². The third-order valence-corrected chi connectivity index (χ3v) is 2.63. The maximum absolute atomic E-state index is 12.5. The van der Waals surface area contributed by atoms with E-state index in [0.717, 1.165) is 12.3 Å². The van der Waals surface area contributed by atoms with Crippen molar-refractivity contribution in [2.75, 3.05) is 18.0 Å². The fourth-order valence-corrected chi connectivity index (χ4v) is 1.71. The quantitative estimate of drug-likeness (QED) is 0.847. The molecule has 0 atom stereocenters. The molecule has 1 aliphatic rings. The molecule has 0 radical (unpaired) electrons. The number of carbonyl (C=O) groups is 1. The standard InChI is InChI=1S/C10H10F3N3O2/c11-10(12,13)6-1-8(3-14-2-6)16-4-7(5-16)15-9(17)18/h1-3,7,15H,4-5H2,(H,17,18). The van der Waals surface area contributed by atoms with Crippen LogP contribution in [0.1, 0.15) is 5.56 Å². The number of halogens is 3. The lowest BCUT2D eigenvalue weighted by Gasteiger charge is -2.40. The number of pyridine rings is 1. The number of carboxylic acid groups (broad SMARTS) is 1. The topological polar surface area (TPSA) is 65.5 Å². The van der Waals surface area contributed by atoms with E-state index in [9.17, 15) is 18.0 Å². The van der Waals surface area contributed by atoms with Crippen LogP contribution in [0.25, 0.3) is 0 Å². The van der Waals surface area contributed by atoms with Gasteiger partial charge in [0.05, 0.1) is 23.5 Å². The van der Waals surface area contributed by atoms with Crippen molar-refractivity contribution in [1.29, 1.82) is 0 Å². The molecule has 98 valence electrons. The largest absolute Gasteiger partial charge is 0.465 e. The molecule has 18 heavy (non-hydrogen) atoms. The molecular weight excluding hydrogens is 251 g/mol. The van der Waals surface area contributed by atoms with Crippen LogP contribution >= 0.6 is 0 Å². The van der Waals surface area contributed by atoms with Gasteiger partial charge in [-0.25, -0.2) is 4.79 Å². The number of amides is 1. The van der Waals surface area contributed by atoms with Crippen molar-refractivity contribution in [3.63, 3.8) is 0 Å². The Balaban J connectivity index is 2.02. The predicted molar refractivity (Wildman–Crippen MR) is 56.4 cm³/mol. The average molecular weight is 261 g/mol. The Morgan fingerprint density at radius 2 is 2.11 bits per heavy atom. The highest BCUT2D eigenvalue weighted by atomic mass is 19.4. The highest BCUT2D eigenvalue weighted by Crippen LogP contribution is 2.31. The first-order valence-electron chi connectivity index (χ1n) is 5.13. The van der Waals surface area contributed by atoms with Gasteiger partial charge in [-0.3, -0.25) is 4.98 Å². The molecule has 0 aliphatic carbocycles. The lowest BCUT2D eigenvalue weighted by molar-refractivity contribution is -0.137. The molecule has 5 nitrogen and oxygen atoms in total. The van der Waals surface area contributed by atoms with Crippen molar-refractivity contribution < 1.29 is 23.1 Å². The first-order valence-corrected chi connectivity index (χ1v) is 5.13. The minimum Gasteiger partial charge on any atom is -0.465 e. The molecule has 1 amide bonds. The second-order valence-electron chi connectivity index (χ2n) is 3.98. The van der Waals surface area contributed by atoms with Crippen LogP contribution in [0.5, 0.6) is 0 Å². The van der Waals surface area contributed by atoms with Crippen molar-refractivity contribution in [3.05, 3.63) is 24.0 Å². The molecule has 1 aromatic heterocycles. The Morgan fingerprint density at radius 1 is 1.44 bits per heavy atom. The Labute approximate surface area is 100 Å². The third-order valence-electron chi connectivity index (χ3n) is 2.63. The summed E-state index contributed by atoms with van der Waals surface area (Å²) in [4.78, 5) is 15.5. The molecule has 0 unspecified atom stereocenters. The van der Waals surface area contributed by atoms with E-state index >= 15 is 0 Å². The van der Waals surface area contributed by atoms with Crippen LogP contribution in [0.2, 0.25) is 0 Å². The minimum atomic E-state index is -4.42. The first kappa shape index (κ1) is 12.5. The summed E-state index contributed by atoms with van der Waals surface area (Å²) in [7, 11) is 0. The molecule has 2 N–H and O–H groups in total. The van der Waals surface area contributed by atoms with Gasteiger partial charge in [0.2, 0.25) is 0 Å². The van der Waals surface area contributed by atoms with Gasteiger partial charge in [-0.1, -0.05) is 0 Å². The lowest BCUT2D eigenvalue weighted by Crippen LogP contribution is -2.59. The zero-order chi connectivity index (χ0) is 13.3. The summed E-state index contributed by atoms with van der Waals surface area (Å²) in [6, 6.07) is 0.751. The zero-order valence-electron chi connectivity index (χ0n) is 9.11. The normalized spacial score (nSPS) is 16.3. The molecular formula is C10H10F3N3O2. The van der Waals surface area contributed by atoms with Crippen molar-refractivity contribution in [2.45, 2.75) is 12.2 Å². The third kappa shape index (κ3) is 2.63. The number of anilines is 1. The van der Waals surface area contributed by atoms with E-state index in [1.165, 1.54) is 6.20 Å². The minimum absolute atomic E-state index is 0.253. The molecule has 1 aliphatic heterocycles. The van der Waals surface area contributed by atoms with Crippen LogP contribution in [0.3, 0.4) is 0 Å². The molecule has 8 heteroatoms. The number of aromatic nitrogens is 1. The first-order chi connectivity index (χ1) is 8.36. The number of hydrogen-bond acceptors (Lipinski definition) is 3. The second kappa shape index (κ2) is 4.35. The van der Waals surface area contributed by atoms with Crippen LogP contribution < -0.4 is 10.2 Å². The molecule has 0 bridgehead atoms. The summed E-state index contributed by atoms with van der Waals surface area (Å²) in [5.74, 6) is 0. The average Bonchev–Trinajstić information content (AvgIpc) is 2.21. The van der Waals surface area contributed by atoms with Gasteiger partial charge in [-0.05, 0) is 6.07 Å². The summed E-state index contributed by atoms with van der Waals surface area (Å²) in [5.41, 5.74) is -0.470. The second-order valence-corrected chi connectivity index (χ2v) is 3.98. The molecule has 1 fully saturated rings. The van der Waals surface area contributed by atoms with Gasteiger partial charge >= 0.3 is 12.3 Å². The van der Waals surface area contributed by atoms with Crippen molar-refractivity contribution >= 4 is 11.8 Å². The fourth-order valence-electron chi connectivity index (χ4n) is 1.71. The van der Waals surface area contributed by atoms with E-state index in [0.29, 0.717) is 18.8 Å². The van der Waals surface area contributed by atoms with Gasteiger partial charge in [0, 0.05) is 19.3 Å². The van der Waals surface area contributed by atoms with Crippen molar-refractivity contribution in [2.24, 2.45) is 0 Å². The highest BCUT2D eigenvalue weighted by molar-refractivity contribution is 5.66. The maximum Gasteiger partial charge on any atom is 0.417 e. The molecule has 1 saturated heterocycles. The molecule has 2 heterocycles. The van der Waals surface area contributed by atoms with E-state index in [-0.39, 0.29) is 6.04 Å². The van der Waals surface area contributed by atoms with Gasteiger partial charge in [0.25, 0.3) is 0 Å². The Morgan fingerprint density at radius 3 is 2.67 bits per heavy atom. The SMILES string of the molecule is O=C(O)NC1CN(c2cncc(C(F)(F)F)c2)C1. The maximum atomic E-state index is 12.5. The lowest BCUT2D eigenvalue weighted by atomic mass is 10.1. The van der Waals surface area contributed by atoms with E-state index in [2.05, 4.69) is 10.3 Å². The Bertz CT molecular complexity index is 458. The predicted octanol–water partition coefficient (Wildman–Crippen LogP) is 1.56. The van der Waals surface area contributed by atoms with Gasteiger partial charge in [0.1, 0.15) is 0 Å².